The van der Waals surface area contributed by atoms with Crippen LogP contribution >= 0.6 is 0 Å². The molecule has 4 rings (SSSR count). The van der Waals surface area contributed by atoms with Crippen molar-refractivity contribution >= 4 is 35.8 Å². The van der Waals surface area contributed by atoms with Crippen molar-refractivity contribution in [2.24, 2.45) is 9.98 Å². The predicted molar refractivity (Wildman–Crippen MR) is 134 cm³/mol. The summed E-state index contributed by atoms with van der Waals surface area (Å²) >= 11 is 0. The van der Waals surface area contributed by atoms with Gasteiger partial charge >= 0.3 is 0 Å². The molecule has 0 spiro atoms. The zero-order chi connectivity index (χ0) is 23.2. The highest BCUT2D eigenvalue weighted by atomic mass is 16.5. The first-order valence-corrected chi connectivity index (χ1v) is 11.8. The fraction of sp³-hybridized carbons (Fsp3) is 0.520. The number of aliphatic imine (C=N–C) groups is 2. The number of anilines is 2. The van der Waals surface area contributed by atoms with Gasteiger partial charge < -0.3 is 19.7 Å². The molecule has 2 aromatic rings. The Morgan fingerprint density at radius 2 is 1.91 bits per heavy atom. The number of aryl methyl sites for hydroxylation is 2. The molecule has 1 saturated heterocycles. The van der Waals surface area contributed by atoms with E-state index in [0.29, 0.717) is 11.7 Å². The van der Waals surface area contributed by atoms with Gasteiger partial charge in [-0.25, -0.2) is 4.98 Å². The third-order valence-electron chi connectivity index (χ3n) is 6.35. The van der Waals surface area contributed by atoms with Crippen molar-refractivity contribution in [1.29, 1.82) is 0 Å². The van der Waals surface area contributed by atoms with Crippen molar-refractivity contribution in [2.45, 2.75) is 58.6 Å². The Hall–Kier alpha value is -3.00. The topological polar surface area (TPSA) is 84.2 Å². The van der Waals surface area contributed by atoms with Crippen LogP contribution in [0.25, 0.3) is 0 Å². The summed E-state index contributed by atoms with van der Waals surface area (Å²) in [5, 5.41) is 3.54. The van der Waals surface area contributed by atoms with Crippen LogP contribution in [0, 0.1) is 13.8 Å². The highest BCUT2D eigenvalue weighted by molar-refractivity contribution is 5.80. The number of nitrogens with one attached hydrogen (secondary N) is 1. The largest absolute Gasteiger partial charge is 0.488 e. The van der Waals surface area contributed by atoms with Crippen LogP contribution in [-0.4, -0.2) is 61.3 Å². The number of morpholine rings is 1. The zero-order valence-electron chi connectivity index (χ0n) is 19.9. The molecule has 1 saturated carbocycles. The summed E-state index contributed by atoms with van der Waals surface area (Å²) in [7, 11) is 0. The molecule has 0 radical (unpaired) electrons. The summed E-state index contributed by atoms with van der Waals surface area (Å²) in [6.07, 6.45) is 7.68. The third-order valence-corrected chi connectivity index (χ3v) is 6.35. The highest BCUT2D eigenvalue weighted by Gasteiger charge is 2.25. The van der Waals surface area contributed by atoms with E-state index in [2.05, 4.69) is 49.0 Å². The number of benzene rings is 1. The van der Waals surface area contributed by atoms with Crippen molar-refractivity contribution in [3.63, 3.8) is 0 Å². The van der Waals surface area contributed by atoms with Gasteiger partial charge in [0.15, 0.2) is 0 Å². The normalized spacial score (nSPS) is 21.2. The van der Waals surface area contributed by atoms with E-state index in [1.165, 1.54) is 0 Å². The Kier molecular flexibility index (Phi) is 7.54. The lowest BCUT2D eigenvalue weighted by molar-refractivity contribution is 0.122. The quantitative estimate of drug-likeness (QED) is 0.611. The minimum absolute atomic E-state index is 0.132. The first kappa shape index (κ1) is 23.2. The number of hydrogen-bond acceptors (Lipinski definition) is 8. The number of hydrogen-bond donors (Lipinski definition) is 1. The van der Waals surface area contributed by atoms with Gasteiger partial charge in [0.2, 0.25) is 0 Å². The minimum Gasteiger partial charge on any atom is -0.488 e. The van der Waals surface area contributed by atoms with Crippen molar-refractivity contribution in [3.05, 3.63) is 29.7 Å². The second kappa shape index (κ2) is 10.7. The van der Waals surface area contributed by atoms with E-state index >= 15 is 0 Å². The average Bonchev–Trinajstić information content (AvgIpc) is 2.83. The van der Waals surface area contributed by atoms with Crippen LogP contribution < -0.4 is 15.0 Å². The SMILES string of the molecule is C=Nc1c(N=CC)cc(N2CCOCC2)cc1OC1CCC(Nc2cnc(C)c(C)n2)CC1. The Morgan fingerprint density at radius 1 is 1.15 bits per heavy atom. The van der Waals surface area contributed by atoms with Gasteiger partial charge in [-0.1, -0.05) is 0 Å². The first-order valence-electron chi connectivity index (χ1n) is 11.8. The van der Waals surface area contributed by atoms with Crippen molar-refractivity contribution in [3.8, 4) is 5.75 Å². The van der Waals surface area contributed by atoms with Gasteiger partial charge in [-0.05, 0) is 59.2 Å². The van der Waals surface area contributed by atoms with Crippen molar-refractivity contribution in [1.82, 2.24) is 9.97 Å². The average molecular weight is 451 g/mol. The molecule has 2 fully saturated rings. The van der Waals surface area contributed by atoms with Gasteiger partial charge in [-0.2, -0.15) is 0 Å². The van der Waals surface area contributed by atoms with Gasteiger partial charge in [0, 0.05) is 37.1 Å². The molecule has 0 bridgehead atoms. The van der Waals surface area contributed by atoms with E-state index < -0.39 is 0 Å². The molecule has 176 valence electrons. The fourth-order valence-electron chi connectivity index (χ4n) is 4.39. The summed E-state index contributed by atoms with van der Waals surface area (Å²) in [5.41, 5.74) is 4.51. The maximum atomic E-state index is 6.51. The summed E-state index contributed by atoms with van der Waals surface area (Å²) in [5.74, 6) is 1.60. The minimum atomic E-state index is 0.132. The molecular formula is C25H34N6O2. The van der Waals surface area contributed by atoms with Crippen LogP contribution in [0.2, 0.25) is 0 Å². The van der Waals surface area contributed by atoms with Gasteiger partial charge in [0.1, 0.15) is 17.3 Å². The molecule has 1 aromatic heterocycles. The summed E-state index contributed by atoms with van der Waals surface area (Å²) in [4.78, 5) is 20.1. The summed E-state index contributed by atoms with van der Waals surface area (Å²) in [6, 6.07) is 4.52. The van der Waals surface area contributed by atoms with Crippen LogP contribution in [0.4, 0.5) is 22.9 Å². The van der Waals surface area contributed by atoms with Crippen molar-refractivity contribution in [2.75, 3.05) is 36.5 Å². The Bertz CT molecular complexity index is 995. The van der Waals surface area contributed by atoms with Gasteiger partial charge in [0.25, 0.3) is 0 Å². The van der Waals surface area contributed by atoms with E-state index in [1.807, 2.05) is 27.0 Å². The molecule has 8 nitrogen and oxygen atoms in total. The Balaban J connectivity index is 1.45. The monoisotopic (exact) mass is 450 g/mol. The van der Waals surface area contributed by atoms with Crippen LogP contribution in [0.3, 0.4) is 0 Å². The van der Waals surface area contributed by atoms with Gasteiger partial charge in [-0.3, -0.25) is 15.0 Å². The molecule has 0 unspecified atom stereocenters. The van der Waals surface area contributed by atoms with E-state index in [4.69, 9.17) is 9.47 Å². The summed E-state index contributed by atoms with van der Waals surface area (Å²) in [6.45, 7) is 12.8. The standard InChI is InChI=1S/C25H34N6O2/c1-5-27-22-14-20(31-10-12-32-13-11-31)15-23(25(22)26-4)33-21-8-6-19(7-9-21)30-24-16-28-17(2)18(3)29-24/h5,14-16,19,21H,4,6-13H2,1-3H3,(H,29,30). The van der Waals surface area contributed by atoms with Crippen LogP contribution in [0.15, 0.2) is 28.3 Å². The second-order valence-corrected chi connectivity index (χ2v) is 8.62. The predicted octanol–water partition coefficient (Wildman–Crippen LogP) is 4.79. The maximum Gasteiger partial charge on any atom is 0.149 e. The zero-order valence-corrected chi connectivity index (χ0v) is 19.9. The molecule has 2 aliphatic rings. The lowest BCUT2D eigenvalue weighted by Gasteiger charge is -2.32. The molecule has 1 N–H and O–H groups in total. The molecular weight excluding hydrogens is 416 g/mol. The Morgan fingerprint density at radius 3 is 2.58 bits per heavy atom. The van der Waals surface area contributed by atoms with Crippen LogP contribution in [-0.2, 0) is 4.74 Å². The third kappa shape index (κ3) is 5.68. The molecule has 1 aromatic carbocycles. The lowest BCUT2D eigenvalue weighted by Crippen LogP contribution is -2.36. The van der Waals surface area contributed by atoms with E-state index in [0.717, 1.165) is 86.3 Å². The van der Waals surface area contributed by atoms with Crippen LogP contribution in [0.1, 0.15) is 44.0 Å². The summed E-state index contributed by atoms with van der Waals surface area (Å²) < 4.78 is 12.0. The van der Waals surface area contributed by atoms with E-state index in [-0.39, 0.29) is 6.10 Å². The number of ether oxygens (including phenoxy) is 2. The molecule has 0 amide bonds. The molecule has 2 heterocycles. The number of aromatic nitrogens is 2. The molecule has 1 aliphatic heterocycles. The number of rotatable bonds is 7. The number of nitrogens with zero attached hydrogens (tertiary/aromatic N) is 5. The first-order chi connectivity index (χ1) is 16.1. The lowest BCUT2D eigenvalue weighted by atomic mass is 9.93. The van der Waals surface area contributed by atoms with E-state index in [1.54, 1.807) is 6.21 Å². The smallest absolute Gasteiger partial charge is 0.149 e. The van der Waals surface area contributed by atoms with E-state index in [9.17, 15) is 0 Å². The highest BCUT2D eigenvalue weighted by Crippen LogP contribution is 2.43. The second-order valence-electron chi connectivity index (χ2n) is 8.62. The van der Waals surface area contributed by atoms with Gasteiger partial charge in [0.05, 0.1) is 42.6 Å². The molecule has 0 atom stereocenters. The van der Waals surface area contributed by atoms with Crippen LogP contribution in [0.5, 0.6) is 5.75 Å². The molecule has 8 heteroatoms. The fourth-order valence-corrected chi connectivity index (χ4v) is 4.39. The van der Waals surface area contributed by atoms with Gasteiger partial charge in [-0.15, -0.1) is 0 Å². The van der Waals surface area contributed by atoms with Crippen molar-refractivity contribution < 1.29 is 9.47 Å². The Labute approximate surface area is 196 Å². The molecule has 33 heavy (non-hydrogen) atoms. The maximum absolute atomic E-state index is 6.51. The molecule has 1 aliphatic carbocycles.